The summed E-state index contributed by atoms with van der Waals surface area (Å²) >= 11 is 0. The Labute approximate surface area is 92.7 Å². The van der Waals surface area contributed by atoms with Crippen molar-refractivity contribution in [1.29, 1.82) is 0 Å². The fraction of sp³-hybridized carbons (Fsp3) is 0.750. The first-order chi connectivity index (χ1) is 6.93. The van der Waals surface area contributed by atoms with Gasteiger partial charge in [0.25, 0.3) is 0 Å². The molecule has 0 radical (unpaired) electrons. The van der Waals surface area contributed by atoms with Gasteiger partial charge in [-0.05, 0) is 53.0 Å². The van der Waals surface area contributed by atoms with Gasteiger partial charge >= 0.3 is 0 Å². The van der Waals surface area contributed by atoms with Gasteiger partial charge in [0, 0.05) is 17.8 Å². The van der Waals surface area contributed by atoms with Crippen molar-refractivity contribution in [2.24, 2.45) is 5.73 Å². The van der Waals surface area contributed by atoms with Gasteiger partial charge in [-0.2, -0.15) is 5.10 Å². The van der Waals surface area contributed by atoms with Gasteiger partial charge in [0.15, 0.2) is 0 Å². The van der Waals surface area contributed by atoms with Crippen LogP contribution in [0.2, 0.25) is 0 Å². The molecule has 0 bridgehead atoms. The highest BCUT2D eigenvalue weighted by Gasteiger charge is 2.13. The maximum absolute atomic E-state index is 5.78. The normalized spacial score (nSPS) is 13.5. The largest absolute Gasteiger partial charge is 0.328 e. The van der Waals surface area contributed by atoms with Crippen molar-refractivity contribution in [3.05, 3.63) is 17.0 Å². The Balaban J connectivity index is 2.88. The molecular formula is C12H23N3. The highest BCUT2D eigenvalue weighted by atomic mass is 15.3. The summed E-state index contributed by atoms with van der Waals surface area (Å²) in [6.45, 7) is 10.6. The molecule has 0 spiro atoms. The molecule has 1 atom stereocenters. The van der Waals surface area contributed by atoms with E-state index >= 15 is 0 Å². The molecule has 0 aliphatic rings. The second kappa shape index (κ2) is 4.79. The molecule has 86 valence electrons. The van der Waals surface area contributed by atoms with E-state index in [1.807, 2.05) is 0 Å². The van der Waals surface area contributed by atoms with Gasteiger partial charge < -0.3 is 5.73 Å². The number of hydrogen-bond donors (Lipinski definition) is 1. The quantitative estimate of drug-likeness (QED) is 0.827. The minimum atomic E-state index is 0.270. The van der Waals surface area contributed by atoms with E-state index in [1.165, 1.54) is 11.3 Å². The molecule has 0 aliphatic heterocycles. The fourth-order valence-corrected chi connectivity index (χ4v) is 1.93. The van der Waals surface area contributed by atoms with E-state index in [0.717, 1.165) is 18.5 Å². The summed E-state index contributed by atoms with van der Waals surface area (Å²) < 4.78 is 2.10. The Hall–Kier alpha value is -0.830. The fourth-order valence-electron chi connectivity index (χ4n) is 1.93. The lowest BCUT2D eigenvalue weighted by Gasteiger charge is -2.09. The molecule has 3 heteroatoms. The molecular weight excluding hydrogens is 186 g/mol. The summed E-state index contributed by atoms with van der Waals surface area (Å²) in [5.41, 5.74) is 9.60. The average Bonchev–Trinajstić information content (AvgIpc) is 2.39. The van der Waals surface area contributed by atoms with E-state index in [2.05, 4.69) is 44.4 Å². The number of rotatable bonds is 4. The van der Waals surface area contributed by atoms with Crippen LogP contribution in [0.4, 0.5) is 0 Å². The highest BCUT2D eigenvalue weighted by Crippen LogP contribution is 2.18. The first kappa shape index (κ1) is 12.2. The van der Waals surface area contributed by atoms with Crippen LogP contribution in [0.25, 0.3) is 0 Å². The lowest BCUT2D eigenvalue weighted by molar-refractivity contribution is 0.515. The van der Waals surface area contributed by atoms with Gasteiger partial charge in [-0.3, -0.25) is 4.68 Å². The molecule has 3 nitrogen and oxygen atoms in total. The van der Waals surface area contributed by atoms with Crippen molar-refractivity contribution >= 4 is 0 Å². The van der Waals surface area contributed by atoms with Crippen molar-refractivity contribution in [2.45, 2.75) is 59.5 Å². The van der Waals surface area contributed by atoms with Crippen LogP contribution >= 0.6 is 0 Å². The Morgan fingerprint density at radius 3 is 2.27 bits per heavy atom. The van der Waals surface area contributed by atoms with Crippen LogP contribution in [0.15, 0.2) is 0 Å². The molecule has 0 unspecified atom stereocenters. The number of aryl methyl sites for hydroxylation is 1. The minimum absolute atomic E-state index is 0.270. The van der Waals surface area contributed by atoms with Crippen LogP contribution in [0.5, 0.6) is 0 Å². The smallest absolute Gasteiger partial charge is 0.0628 e. The van der Waals surface area contributed by atoms with Crippen molar-refractivity contribution in [3.8, 4) is 0 Å². The number of nitrogens with zero attached hydrogens (tertiary/aromatic N) is 2. The van der Waals surface area contributed by atoms with Gasteiger partial charge in [0.2, 0.25) is 0 Å². The number of aromatic nitrogens is 2. The van der Waals surface area contributed by atoms with E-state index < -0.39 is 0 Å². The summed E-state index contributed by atoms with van der Waals surface area (Å²) in [4.78, 5) is 0. The molecule has 1 heterocycles. The Morgan fingerprint density at radius 1 is 1.27 bits per heavy atom. The van der Waals surface area contributed by atoms with Crippen molar-refractivity contribution < 1.29 is 0 Å². The minimum Gasteiger partial charge on any atom is -0.328 e. The van der Waals surface area contributed by atoms with Gasteiger partial charge in [0.05, 0.1) is 5.69 Å². The van der Waals surface area contributed by atoms with Gasteiger partial charge in [-0.15, -0.1) is 0 Å². The SMILES string of the molecule is Cc1nn(C(C)C)c(C)c1CC[C@H](C)N. The summed E-state index contributed by atoms with van der Waals surface area (Å²) in [6.07, 6.45) is 2.08. The maximum atomic E-state index is 5.78. The third-order valence-corrected chi connectivity index (χ3v) is 2.81. The van der Waals surface area contributed by atoms with Crippen LogP contribution < -0.4 is 5.73 Å². The molecule has 0 saturated carbocycles. The monoisotopic (exact) mass is 209 g/mol. The third kappa shape index (κ3) is 2.81. The van der Waals surface area contributed by atoms with Crippen LogP contribution in [-0.4, -0.2) is 15.8 Å². The molecule has 0 aromatic carbocycles. The first-order valence-electron chi connectivity index (χ1n) is 5.73. The first-order valence-corrected chi connectivity index (χ1v) is 5.73. The van der Waals surface area contributed by atoms with Gasteiger partial charge in [0.1, 0.15) is 0 Å². The van der Waals surface area contributed by atoms with Gasteiger partial charge in [-0.1, -0.05) is 0 Å². The van der Waals surface area contributed by atoms with Crippen molar-refractivity contribution in [1.82, 2.24) is 9.78 Å². The maximum Gasteiger partial charge on any atom is 0.0628 e. The second-order valence-electron chi connectivity index (χ2n) is 4.70. The van der Waals surface area contributed by atoms with Crippen molar-refractivity contribution in [3.63, 3.8) is 0 Å². The lowest BCUT2D eigenvalue weighted by atomic mass is 10.0. The Morgan fingerprint density at radius 2 is 1.87 bits per heavy atom. The predicted octanol–water partition coefficient (Wildman–Crippen LogP) is 2.36. The molecule has 0 fully saturated rings. The average molecular weight is 209 g/mol. The van der Waals surface area contributed by atoms with Crippen LogP contribution in [0, 0.1) is 13.8 Å². The molecule has 2 N–H and O–H groups in total. The summed E-state index contributed by atoms with van der Waals surface area (Å²) in [5, 5.41) is 4.56. The van der Waals surface area contributed by atoms with E-state index in [9.17, 15) is 0 Å². The van der Waals surface area contributed by atoms with Crippen LogP contribution in [0.3, 0.4) is 0 Å². The second-order valence-corrected chi connectivity index (χ2v) is 4.70. The Kier molecular flexibility index (Phi) is 3.91. The van der Waals surface area contributed by atoms with Gasteiger partial charge in [-0.25, -0.2) is 0 Å². The van der Waals surface area contributed by atoms with E-state index in [-0.39, 0.29) is 6.04 Å². The molecule has 0 aliphatic carbocycles. The molecule has 0 amide bonds. The lowest BCUT2D eigenvalue weighted by Crippen LogP contribution is -2.15. The molecule has 1 rings (SSSR count). The number of hydrogen-bond acceptors (Lipinski definition) is 2. The zero-order valence-electron chi connectivity index (χ0n) is 10.5. The Bertz CT molecular complexity index is 324. The summed E-state index contributed by atoms with van der Waals surface area (Å²) in [6, 6.07) is 0.707. The molecule has 1 aromatic rings. The molecule has 15 heavy (non-hydrogen) atoms. The topological polar surface area (TPSA) is 43.8 Å². The van der Waals surface area contributed by atoms with E-state index in [1.54, 1.807) is 0 Å². The van der Waals surface area contributed by atoms with Crippen LogP contribution in [0.1, 0.15) is 50.2 Å². The van der Waals surface area contributed by atoms with Crippen molar-refractivity contribution in [2.75, 3.05) is 0 Å². The van der Waals surface area contributed by atoms with E-state index in [4.69, 9.17) is 5.73 Å². The molecule has 1 aromatic heterocycles. The number of nitrogens with two attached hydrogens (primary N) is 1. The molecule has 0 saturated heterocycles. The third-order valence-electron chi connectivity index (χ3n) is 2.81. The van der Waals surface area contributed by atoms with E-state index in [0.29, 0.717) is 6.04 Å². The van der Waals surface area contributed by atoms with Crippen LogP contribution in [-0.2, 0) is 6.42 Å². The standard InChI is InChI=1S/C12H23N3/c1-8(2)15-11(5)12(10(4)14-15)7-6-9(3)13/h8-9H,6-7,13H2,1-5H3/t9-/m0/s1. The summed E-state index contributed by atoms with van der Waals surface area (Å²) in [7, 11) is 0. The summed E-state index contributed by atoms with van der Waals surface area (Å²) in [5.74, 6) is 0. The highest BCUT2D eigenvalue weighted by molar-refractivity contribution is 5.25. The zero-order chi connectivity index (χ0) is 11.6. The zero-order valence-corrected chi connectivity index (χ0v) is 10.5. The predicted molar refractivity (Wildman–Crippen MR) is 64.1 cm³/mol.